The molecule has 5 heteroatoms. The molecule has 24 heavy (non-hydrogen) atoms. The summed E-state index contributed by atoms with van der Waals surface area (Å²) in [5.74, 6) is 0.893. The third kappa shape index (κ3) is 3.68. The van der Waals surface area contributed by atoms with Gasteiger partial charge in [0.15, 0.2) is 0 Å². The standard InChI is InChI=1S/C19H23N3O2/c1-21-11-9-15(13-21)7-8-19(23)22-12-10-20-17(14-22)16-5-3-4-6-18(16)24-2/h3-9,11,13,17,20H,10,12,14H2,1-2H3/b8-7+. The van der Waals surface area contributed by atoms with Crippen LogP contribution < -0.4 is 10.1 Å². The van der Waals surface area contributed by atoms with Crippen molar-refractivity contribution < 1.29 is 9.53 Å². The molecule has 126 valence electrons. The van der Waals surface area contributed by atoms with Gasteiger partial charge in [0.25, 0.3) is 0 Å². The maximum Gasteiger partial charge on any atom is 0.246 e. The summed E-state index contributed by atoms with van der Waals surface area (Å²) in [7, 11) is 3.64. The predicted octanol–water partition coefficient (Wildman–Crippen LogP) is 2.22. The number of aromatic nitrogens is 1. The van der Waals surface area contributed by atoms with E-state index in [0.29, 0.717) is 13.1 Å². The molecule has 2 aromatic rings. The Balaban J connectivity index is 1.68. The lowest BCUT2D eigenvalue weighted by molar-refractivity contribution is -0.127. The van der Waals surface area contributed by atoms with Crippen molar-refractivity contribution in [1.82, 2.24) is 14.8 Å². The molecule has 1 aliphatic heterocycles. The quantitative estimate of drug-likeness (QED) is 0.877. The zero-order valence-electron chi connectivity index (χ0n) is 14.1. The Morgan fingerprint density at radius 1 is 1.33 bits per heavy atom. The fourth-order valence-electron chi connectivity index (χ4n) is 3.01. The Hall–Kier alpha value is -2.53. The van der Waals surface area contributed by atoms with Crippen molar-refractivity contribution in [1.29, 1.82) is 0 Å². The van der Waals surface area contributed by atoms with Gasteiger partial charge in [0.2, 0.25) is 5.91 Å². The molecule has 0 saturated carbocycles. The number of aryl methyl sites for hydroxylation is 1. The third-order valence-corrected chi connectivity index (χ3v) is 4.27. The zero-order valence-corrected chi connectivity index (χ0v) is 14.1. The molecule has 1 aliphatic rings. The number of piperazine rings is 1. The van der Waals surface area contributed by atoms with Crippen molar-refractivity contribution in [3.63, 3.8) is 0 Å². The topological polar surface area (TPSA) is 46.5 Å². The Bertz CT molecular complexity index is 736. The summed E-state index contributed by atoms with van der Waals surface area (Å²) in [6.45, 7) is 2.12. The molecule has 1 aromatic heterocycles. The van der Waals surface area contributed by atoms with Crippen molar-refractivity contribution in [3.05, 3.63) is 59.9 Å². The van der Waals surface area contributed by atoms with Crippen molar-refractivity contribution >= 4 is 12.0 Å². The minimum Gasteiger partial charge on any atom is -0.496 e. The molecule has 0 bridgehead atoms. The summed E-state index contributed by atoms with van der Waals surface area (Å²) < 4.78 is 7.41. The maximum atomic E-state index is 12.5. The van der Waals surface area contributed by atoms with E-state index in [2.05, 4.69) is 5.32 Å². The van der Waals surface area contributed by atoms with Gasteiger partial charge in [-0.2, -0.15) is 0 Å². The molecule has 1 atom stereocenters. The van der Waals surface area contributed by atoms with Crippen LogP contribution in [0.15, 0.2) is 48.8 Å². The van der Waals surface area contributed by atoms with Gasteiger partial charge in [-0.25, -0.2) is 0 Å². The molecule has 1 saturated heterocycles. The van der Waals surface area contributed by atoms with Gasteiger partial charge >= 0.3 is 0 Å². The zero-order chi connectivity index (χ0) is 16.9. The monoisotopic (exact) mass is 325 g/mol. The van der Waals surface area contributed by atoms with Crippen molar-refractivity contribution in [2.24, 2.45) is 7.05 Å². The molecule has 0 spiro atoms. The van der Waals surface area contributed by atoms with Gasteiger partial charge in [0.05, 0.1) is 13.2 Å². The number of hydrogen-bond acceptors (Lipinski definition) is 3. The molecule has 3 rings (SSSR count). The fourth-order valence-corrected chi connectivity index (χ4v) is 3.01. The van der Waals surface area contributed by atoms with Crippen LogP contribution >= 0.6 is 0 Å². The van der Waals surface area contributed by atoms with Gasteiger partial charge in [0.1, 0.15) is 5.75 Å². The van der Waals surface area contributed by atoms with Crippen molar-refractivity contribution in [2.75, 3.05) is 26.7 Å². The number of amides is 1. The Labute approximate surface area is 142 Å². The van der Waals surface area contributed by atoms with Gasteiger partial charge < -0.3 is 19.5 Å². The van der Waals surface area contributed by atoms with Crippen LogP contribution in [0.1, 0.15) is 17.2 Å². The SMILES string of the molecule is COc1ccccc1C1CN(C(=O)/C=C/c2ccn(C)c2)CCN1. The molecule has 5 nitrogen and oxygen atoms in total. The number of methoxy groups -OCH3 is 1. The van der Waals surface area contributed by atoms with E-state index in [0.717, 1.165) is 23.4 Å². The molecule has 0 aliphatic carbocycles. The number of ether oxygens (including phenoxy) is 1. The fraction of sp³-hybridized carbons (Fsp3) is 0.316. The number of nitrogens with zero attached hydrogens (tertiary/aromatic N) is 2. The largest absolute Gasteiger partial charge is 0.496 e. The van der Waals surface area contributed by atoms with Crippen molar-refractivity contribution in [2.45, 2.75) is 6.04 Å². The van der Waals surface area contributed by atoms with Gasteiger partial charge in [0, 0.05) is 50.7 Å². The summed E-state index contributed by atoms with van der Waals surface area (Å²) in [6.07, 6.45) is 7.47. The lowest BCUT2D eigenvalue weighted by Crippen LogP contribution is -2.47. The highest BCUT2D eigenvalue weighted by atomic mass is 16.5. The molecule has 1 fully saturated rings. The maximum absolute atomic E-state index is 12.5. The number of rotatable bonds is 4. The number of carbonyl (C=O) groups excluding carboxylic acids is 1. The Kier molecular flexibility index (Phi) is 5.01. The predicted molar refractivity (Wildman–Crippen MR) is 94.8 cm³/mol. The summed E-state index contributed by atoms with van der Waals surface area (Å²) >= 11 is 0. The van der Waals surface area contributed by atoms with Crippen LogP contribution in [0.25, 0.3) is 6.08 Å². The van der Waals surface area contributed by atoms with E-state index in [1.807, 2.05) is 65.3 Å². The Morgan fingerprint density at radius 3 is 2.92 bits per heavy atom. The first-order valence-corrected chi connectivity index (χ1v) is 8.12. The van der Waals surface area contributed by atoms with E-state index in [-0.39, 0.29) is 11.9 Å². The molecule has 1 N–H and O–H groups in total. The van der Waals surface area contributed by atoms with E-state index in [1.165, 1.54) is 0 Å². The number of hydrogen-bond donors (Lipinski definition) is 1. The third-order valence-electron chi connectivity index (χ3n) is 4.27. The normalized spacial score (nSPS) is 18.1. The van der Waals surface area contributed by atoms with Crippen LogP contribution in [0.4, 0.5) is 0 Å². The molecule has 2 heterocycles. The van der Waals surface area contributed by atoms with Crippen molar-refractivity contribution in [3.8, 4) is 5.75 Å². The molecular weight excluding hydrogens is 302 g/mol. The first kappa shape index (κ1) is 16.3. The van der Waals surface area contributed by atoms with Crippen LogP contribution in [0.3, 0.4) is 0 Å². The van der Waals surface area contributed by atoms with Crippen LogP contribution in [-0.2, 0) is 11.8 Å². The summed E-state index contributed by atoms with van der Waals surface area (Å²) in [5, 5.41) is 3.47. The minimum absolute atomic E-state index is 0.0419. The highest BCUT2D eigenvalue weighted by Crippen LogP contribution is 2.26. The average Bonchev–Trinajstić information content (AvgIpc) is 3.05. The summed E-state index contributed by atoms with van der Waals surface area (Å²) in [4.78, 5) is 14.4. The molecule has 1 amide bonds. The van der Waals surface area contributed by atoms with E-state index >= 15 is 0 Å². The first-order chi connectivity index (χ1) is 11.7. The smallest absolute Gasteiger partial charge is 0.246 e. The number of carbonyl (C=O) groups is 1. The van der Waals surface area contributed by atoms with Crippen LogP contribution in [0.5, 0.6) is 5.75 Å². The number of benzene rings is 1. The second-order valence-electron chi connectivity index (χ2n) is 5.98. The van der Waals surface area contributed by atoms with Crippen LogP contribution in [-0.4, -0.2) is 42.1 Å². The average molecular weight is 325 g/mol. The Morgan fingerprint density at radius 2 is 2.17 bits per heavy atom. The second kappa shape index (κ2) is 7.36. The van der Waals surface area contributed by atoms with E-state index in [1.54, 1.807) is 13.2 Å². The summed E-state index contributed by atoms with van der Waals surface area (Å²) in [5.41, 5.74) is 2.12. The first-order valence-electron chi connectivity index (χ1n) is 8.12. The van der Waals surface area contributed by atoms with Gasteiger partial charge in [-0.05, 0) is 23.8 Å². The molecule has 1 unspecified atom stereocenters. The van der Waals surface area contributed by atoms with E-state index in [9.17, 15) is 4.79 Å². The molecule has 1 aromatic carbocycles. The lowest BCUT2D eigenvalue weighted by Gasteiger charge is -2.34. The summed E-state index contributed by atoms with van der Waals surface area (Å²) in [6, 6.07) is 10.0. The molecular formula is C19H23N3O2. The highest BCUT2D eigenvalue weighted by molar-refractivity contribution is 5.91. The molecule has 0 radical (unpaired) electrons. The van der Waals surface area contributed by atoms with E-state index in [4.69, 9.17) is 4.74 Å². The minimum atomic E-state index is 0.0419. The van der Waals surface area contributed by atoms with Crippen LogP contribution in [0, 0.1) is 0 Å². The van der Waals surface area contributed by atoms with Gasteiger partial charge in [-0.1, -0.05) is 18.2 Å². The van der Waals surface area contributed by atoms with Crippen LogP contribution in [0.2, 0.25) is 0 Å². The lowest BCUT2D eigenvalue weighted by atomic mass is 10.0. The van der Waals surface area contributed by atoms with E-state index < -0.39 is 0 Å². The van der Waals surface area contributed by atoms with Gasteiger partial charge in [-0.3, -0.25) is 4.79 Å². The second-order valence-corrected chi connectivity index (χ2v) is 5.98. The highest BCUT2D eigenvalue weighted by Gasteiger charge is 2.25. The van der Waals surface area contributed by atoms with Gasteiger partial charge in [-0.15, -0.1) is 0 Å². The number of nitrogens with one attached hydrogen (secondary N) is 1. The number of para-hydroxylation sites is 1.